The van der Waals surface area contributed by atoms with Gasteiger partial charge in [0.05, 0.1) is 23.2 Å². The van der Waals surface area contributed by atoms with Crippen molar-refractivity contribution < 1.29 is 8.42 Å². The van der Waals surface area contributed by atoms with Crippen LogP contribution in [-0.4, -0.2) is 35.7 Å². The SMILES string of the molecule is CNCc1cnn(CCS(=O)(=O)C(C)(C)C)c1. The summed E-state index contributed by atoms with van der Waals surface area (Å²) in [6, 6.07) is 0. The summed E-state index contributed by atoms with van der Waals surface area (Å²) in [6.45, 7) is 6.31. The molecule has 1 heterocycles. The van der Waals surface area contributed by atoms with Gasteiger partial charge in [-0.1, -0.05) is 0 Å². The van der Waals surface area contributed by atoms with Crippen molar-refractivity contribution in [3.63, 3.8) is 0 Å². The van der Waals surface area contributed by atoms with E-state index in [2.05, 4.69) is 10.4 Å². The van der Waals surface area contributed by atoms with Gasteiger partial charge in [-0.25, -0.2) is 8.42 Å². The summed E-state index contributed by atoms with van der Waals surface area (Å²) in [5, 5.41) is 7.15. The van der Waals surface area contributed by atoms with E-state index in [0.29, 0.717) is 6.54 Å². The lowest BCUT2D eigenvalue weighted by Gasteiger charge is -2.18. The van der Waals surface area contributed by atoms with Crippen LogP contribution in [0.3, 0.4) is 0 Å². The first-order valence-electron chi connectivity index (χ1n) is 5.64. The molecule has 6 heteroatoms. The number of nitrogens with zero attached hydrogens (tertiary/aromatic N) is 2. The molecular weight excluding hydrogens is 238 g/mol. The van der Waals surface area contributed by atoms with Crippen molar-refractivity contribution >= 4 is 9.84 Å². The molecule has 0 aliphatic heterocycles. The van der Waals surface area contributed by atoms with Crippen LogP contribution >= 0.6 is 0 Å². The van der Waals surface area contributed by atoms with Gasteiger partial charge in [0, 0.05) is 18.3 Å². The molecule has 1 aromatic heterocycles. The average molecular weight is 259 g/mol. The first-order chi connectivity index (χ1) is 7.76. The quantitative estimate of drug-likeness (QED) is 0.850. The van der Waals surface area contributed by atoms with E-state index in [1.807, 2.05) is 13.2 Å². The molecular formula is C11H21N3O2S. The Balaban J connectivity index is 2.62. The second kappa shape index (κ2) is 5.18. The smallest absolute Gasteiger partial charge is 0.157 e. The van der Waals surface area contributed by atoms with Gasteiger partial charge in [-0.3, -0.25) is 4.68 Å². The maximum absolute atomic E-state index is 11.9. The number of rotatable bonds is 5. The molecule has 1 N–H and O–H groups in total. The van der Waals surface area contributed by atoms with E-state index in [0.717, 1.165) is 12.1 Å². The Kier molecular flexibility index (Phi) is 4.32. The van der Waals surface area contributed by atoms with Crippen LogP contribution < -0.4 is 5.32 Å². The van der Waals surface area contributed by atoms with Crippen LogP contribution in [0, 0.1) is 0 Å². The summed E-state index contributed by atoms with van der Waals surface area (Å²) >= 11 is 0. The van der Waals surface area contributed by atoms with Crippen molar-refractivity contribution in [3.8, 4) is 0 Å². The Morgan fingerprint density at radius 2 is 2.06 bits per heavy atom. The Labute approximate surface area is 103 Å². The topological polar surface area (TPSA) is 64.0 Å². The van der Waals surface area contributed by atoms with Crippen LogP contribution in [0.5, 0.6) is 0 Å². The molecule has 0 atom stereocenters. The molecule has 17 heavy (non-hydrogen) atoms. The maximum atomic E-state index is 11.9. The van der Waals surface area contributed by atoms with Crippen LogP contribution in [0.1, 0.15) is 26.3 Å². The van der Waals surface area contributed by atoms with Crippen LogP contribution in [0.25, 0.3) is 0 Å². The van der Waals surface area contributed by atoms with E-state index < -0.39 is 14.6 Å². The molecule has 0 saturated heterocycles. The van der Waals surface area contributed by atoms with Gasteiger partial charge in [0.1, 0.15) is 0 Å². The van der Waals surface area contributed by atoms with E-state index in [-0.39, 0.29) is 5.75 Å². The van der Waals surface area contributed by atoms with Gasteiger partial charge in [-0.15, -0.1) is 0 Å². The minimum absolute atomic E-state index is 0.122. The second-order valence-electron chi connectivity index (χ2n) is 5.07. The lowest BCUT2D eigenvalue weighted by Crippen LogP contribution is -2.32. The zero-order valence-corrected chi connectivity index (χ0v) is 11.7. The van der Waals surface area contributed by atoms with E-state index >= 15 is 0 Å². The minimum atomic E-state index is -3.08. The highest BCUT2D eigenvalue weighted by atomic mass is 32.2. The molecule has 0 aliphatic carbocycles. The number of sulfone groups is 1. The van der Waals surface area contributed by atoms with Gasteiger partial charge < -0.3 is 5.32 Å². The van der Waals surface area contributed by atoms with Gasteiger partial charge in [0.2, 0.25) is 0 Å². The third kappa shape index (κ3) is 3.81. The van der Waals surface area contributed by atoms with Gasteiger partial charge in [-0.05, 0) is 27.8 Å². The minimum Gasteiger partial charge on any atom is -0.316 e. The highest BCUT2D eigenvalue weighted by Gasteiger charge is 2.28. The maximum Gasteiger partial charge on any atom is 0.157 e. The predicted molar refractivity (Wildman–Crippen MR) is 68.5 cm³/mol. The third-order valence-electron chi connectivity index (χ3n) is 2.59. The summed E-state index contributed by atoms with van der Waals surface area (Å²) in [6.07, 6.45) is 3.62. The van der Waals surface area contributed by atoms with E-state index in [9.17, 15) is 8.42 Å². The molecule has 98 valence electrons. The molecule has 0 bridgehead atoms. The Bertz CT molecular complexity index is 457. The first kappa shape index (κ1) is 14.2. The van der Waals surface area contributed by atoms with Gasteiger partial charge >= 0.3 is 0 Å². The highest BCUT2D eigenvalue weighted by Crippen LogP contribution is 2.16. The number of hydrogen-bond acceptors (Lipinski definition) is 4. The summed E-state index contributed by atoms with van der Waals surface area (Å²) in [5.74, 6) is 0.122. The third-order valence-corrected chi connectivity index (χ3v) is 5.18. The normalized spacial score (nSPS) is 12.9. The number of aryl methyl sites for hydroxylation is 1. The lowest BCUT2D eigenvalue weighted by molar-refractivity contribution is 0.548. The van der Waals surface area contributed by atoms with Crippen LogP contribution in [0.15, 0.2) is 12.4 Å². The monoisotopic (exact) mass is 259 g/mol. The molecule has 0 unspecified atom stereocenters. The fourth-order valence-electron chi connectivity index (χ4n) is 1.34. The molecule has 1 rings (SSSR count). The zero-order valence-electron chi connectivity index (χ0n) is 10.9. The Morgan fingerprint density at radius 3 is 2.59 bits per heavy atom. The molecule has 0 aromatic carbocycles. The molecule has 0 fully saturated rings. The fourth-order valence-corrected chi connectivity index (χ4v) is 2.38. The Hall–Kier alpha value is -0.880. The van der Waals surface area contributed by atoms with Crippen molar-refractivity contribution in [2.45, 2.75) is 38.6 Å². The predicted octanol–water partition coefficient (Wildman–Crippen LogP) is 0.816. The van der Waals surface area contributed by atoms with Crippen molar-refractivity contribution in [3.05, 3.63) is 18.0 Å². The van der Waals surface area contributed by atoms with Gasteiger partial charge in [0.15, 0.2) is 9.84 Å². The van der Waals surface area contributed by atoms with E-state index in [4.69, 9.17) is 0 Å². The second-order valence-corrected chi connectivity index (χ2v) is 7.94. The lowest BCUT2D eigenvalue weighted by atomic mass is 10.3. The molecule has 0 amide bonds. The molecule has 0 aliphatic rings. The molecule has 5 nitrogen and oxygen atoms in total. The van der Waals surface area contributed by atoms with Crippen molar-refractivity contribution in [2.24, 2.45) is 0 Å². The molecule has 0 spiro atoms. The average Bonchev–Trinajstić information content (AvgIpc) is 2.62. The van der Waals surface area contributed by atoms with Crippen molar-refractivity contribution in [1.29, 1.82) is 0 Å². The largest absolute Gasteiger partial charge is 0.316 e. The fraction of sp³-hybridized carbons (Fsp3) is 0.727. The molecule has 1 aromatic rings. The van der Waals surface area contributed by atoms with Crippen LogP contribution in [0.4, 0.5) is 0 Å². The van der Waals surface area contributed by atoms with E-state index in [1.54, 1.807) is 31.6 Å². The van der Waals surface area contributed by atoms with Crippen LogP contribution in [-0.2, 0) is 22.9 Å². The number of aromatic nitrogens is 2. The molecule has 0 saturated carbocycles. The zero-order chi connectivity index (χ0) is 13.1. The summed E-state index contributed by atoms with van der Waals surface area (Å²) in [5.41, 5.74) is 1.06. The first-order valence-corrected chi connectivity index (χ1v) is 7.30. The highest BCUT2D eigenvalue weighted by molar-refractivity contribution is 7.92. The van der Waals surface area contributed by atoms with Gasteiger partial charge in [0.25, 0.3) is 0 Å². The summed E-state index contributed by atoms with van der Waals surface area (Å²) in [7, 11) is -1.21. The van der Waals surface area contributed by atoms with Gasteiger partial charge in [-0.2, -0.15) is 5.10 Å². The Morgan fingerprint density at radius 1 is 1.41 bits per heavy atom. The van der Waals surface area contributed by atoms with E-state index in [1.165, 1.54) is 0 Å². The summed E-state index contributed by atoms with van der Waals surface area (Å²) < 4.78 is 24.8. The molecule has 0 radical (unpaired) electrons. The number of nitrogens with one attached hydrogen (secondary N) is 1. The summed E-state index contributed by atoms with van der Waals surface area (Å²) in [4.78, 5) is 0. The van der Waals surface area contributed by atoms with Crippen molar-refractivity contribution in [2.75, 3.05) is 12.8 Å². The number of hydrogen-bond donors (Lipinski definition) is 1. The standard InChI is InChI=1S/C11H21N3O2S/c1-11(2,3)17(15,16)6-5-14-9-10(7-12-4)8-13-14/h8-9,12H,5-7H2,1-4H3. The van der Waals surface area contributed by atoms with Crippen LogP contribution in [0.2, 0.25) is 0 Å². The van der Waals surface area contributed by atoms with Crippen molar-refractivity contribution in [1.82, 2.24) is 15.1 Å².